The predicted octanol–water partition coefficient (Wildman–Crippen LogP) is 2.65. The number of aromatic nitrogens is 1. The third-order valence-corrected chi connectivity index (χ3v) is 4.50. The quantitative estimate of drug-likeness (QED) is 0.897. The molecule has 6 heteroatoms. The van der Waals surface area contributed by atoms with Gasteiger partial charge in [0.2, 0.25) is 0 Å². The number of hydrogen-bond acceptors (Lipinski definition) is 4. The Kier molecular flexibility index (Phi) is 5.84. The monoisotopic (exact) mass is 353 g/mol. The average Bonchev–Trinajstić information content (AvgIpc) is 2.72. The molecule has 26 heavy (non-hydrogen) atoms. The topological polar surface area (TPSA) is 71.5 Å². The second-order valence-electron chi connectivity index (χ2n) is 6.35. The van der Waals surface area contributed by atoms with Crippen LogP contribution < -0.4 is 10.1 Å². The number of carbonyl (C=O) groups is 2. The highest BCUT2D eigenvalue weighted by Gasteiger charge is 2.19. The van der Waals surface area contributed by atoms with Gasteiger partial charge in [0, 0.05) is 32.0 Å². The third kappa shape index (κ3) is 4.39. The lowest BCUT2D eigenvalue weighted by Gasteiger charge is -2.26. The van der Waals surface area contributed by atoms with Crippen molar-refractivity contribution in [3.8, 4) is 5.75 Å². The van der Waals surface area contributed by atoms with Crippen LogP contribution in [0.25, 0.3) is 0 Å². The van der Waals surface area contributed by atoms with Gasteiger partial charge in [0.15, 0.2) is 0 Å². The molecule has 2 amide bonds. The summed E-state index contributed by atoms with van der Waals surface area (Å²) in [6.45, 7) is 1.94. The van der Waals surface area contributed by atoms with Gasteiger partial charge in [-0.25, -0.2) is 0 Å². The van der Waals surface area contributed by atoms with Gasteiger partial charge in [0.25, 0.3) is 11.8 Å². The molecule has 1 N–H and O–H groups in total. The molecule has 0 unspecified atom stereocenters. The van der Waals surface area contributed by atoms with E-state index in [1.54, 1.807) is 13.2 Å². The first-order valence-electron chi connectivity index (χ1n) is 8.83. The molecule has 2 aromatic rings. The molecular formula is C20H23N3O3. The van der Waals surface area contributed by atoms with Gasteiger partial charge < -0.3 is 15.0 Å². The molecule has 6 nitrogen and oxygen atoms in total. The number of likely N-dealkylation sites (tertiary alicyclic amines) is 1. The second-order valence-corrected chi connectivity index (χ2v) is 6.35. The van der Waals surface area contributed by atoms with E-state index in [9.17, 15) is 9.59 Å². The van der Waals surface area contributed by atoms with Crippen molar-refractivity contribution < 1.29 is 14.3 Å². The number of nitrogens with one attached hydrogen (secondary N) is 1. The third-order valence-electron chi connectivity index (χ3n) is 4.50. The number of amides is 2. The van der Waals surface area contributed by atoms with Crippen LogP contribution in [0.3, 0.4) is 0 Å². The molecule has 136 valence electrons. The summed E-state index contributed by atoms with van der Waals surface area (Å²) >= 11 is 0. The molecule has 1 aromatic carbocycles. The van der Waals surface area contributed by atoms with Crippen LogP contribution in [-0.4, -0.2) is 41.9 Å². The minimum Gasteiger partial charge on any atom is -0.497 e. The minimum atomic E-state index is -0.249. The molecule has 0 saturated carbocycles. The van der Waals surface area contributed by atoms with E-state index >= 15 is 0 Å². The molecule has 1 fully saturated rings. The zero-order valence-corrected chi connectivity index (χ0v) is 14.9. The van der Waals surface area contributed by atoms with Gasteiger partial charge >= 0.3 is 0 Å². The average molecular weight is 353 g/mol. The van der Waals surface area contributed by atoms with Crippen molar-refractivity contribution in [3.05, 3.63) is 59.4 Å². The first-order valence-corrected chi connectivity index (χ1v) is 8.83. The fourth-order valence-corrected chi connectivity index (χ4v) is 2.99. The molecule has 3 rings (SSSR count). The van der Waals surface area contributed by atoms with E-state index in [1.807, 2.05) is 29.2 Å². The van der Waals surface area contributed by atoms with Gasteiger partial charge in [0.05, 0.1) is 18.2 Å². The molecule has 1 aliphatic heterocycles. The number of carbonyl (C=O) groups excluding carboxylic acids is 2. The fourth-order valence-electron chi connectivity index (χ4n) is 2.99. The zero-order valence-electron chi connectivity index (χ0n) is 14.9. The first-order chi connectivity index (χ1) is 12.7. The first kappa shape index (κ1) is 17.9. The van der Waals surface area contributed by atoms with Crippen molar-refractivity contribution in [3.63, 3.8) is 0 Å². The van der Waals surface area contributed by atoms with Gasteiger partial charge in [0.1, 0.15) is 5.75 Å². The van der Waals surface area contributed by atoms with Crippen LogP contribution in [0.1, 0.15) is 45.5 Å². The fraction of sp³-hybridized carbons (Fsp3) is 0.350. The number of piperidine rings is 1. The lowest BCUT2D eigenvalue weighted by molar-refractivity contribution is 0.0724. The molecule has 0 atom stereocenters. The highest BCUT2D eigenvalue weighted by atomic mass is 16.5. The standard InChI is InChI=1S/C20H23N3O3/c1-26-18-7-5-15(6-8-18)12-22-19(24)16-11-17(14-21-13-16)20(25)23-9-3-2-4-10-23/h5-8,11,13-14H,2-4,9-10,12H2,1H3,(H,22,24). The summed E-state index contributed by atoms with van der Waals surface area (Å²) in [5, 5.41) is 2.85. The van der Waals surface area contributed by atoms with Crippen LogP contribution in [0.4, 0.5) is 0 Å². The van der Waals surface area contributed by atoms with Crippen molar-refractivity contribution >= 4 is 11.8 Å². The molecule has 0 bridgehead atoms. The Balaban J connectivity index is 1.62. The minimum absolute atomic E-state index is 0.0537. The van der Waals surface area contributed by atoms with E-state index in [4.69, 9.17) is 4.74 Å². The zero-order chi connectivity index (χ0) is 18.4. The van der Waals surface area contributed by atoms with Gasteiger partial charge in [-0.1, -0.05) is 12.1 Å². The summed E-state index contributed by atoms with van der Waals surface area (Å²) in [4.78, 5) is 30.9. The van der Waals surface area contributed by atoms with Gasteiger partial charge in [-0.3, -0.25) is 14.6 Å². The molecule has 1 saturated heterocycles. The molecular weight excluding hydrogens is 330 g/mol. The lowest BCUT2D eigenvalue weighted by atomic mass is 10.1. The van der Waals surface area contributed by atoms with Gasteiger partial charge in [-0.05, 0) is 43.0 Å². The Hall–Kier alpha value is -2.89. The number of methoxy groups -OCH3 is 1. The number of pyridine rings is 1. The number of benzene rings is 1. The summed E-state index contributed by atoms with van der Waals surface area (Å²) < 4.78 is 5.12. The summed E-state index contributed by atoms with van der Waals surface area (Å²) in [5.74, 6) is 0.469. The second kappa shape index (κ2) is 8.47. The van der Waals surface area contributed by atoms with Crippen molar-refractivity contribution in [1.82, 2.24) is 15.2 Å². The SMILES string of the molecule is COc1ccc(CNC(=O)c2cncc(C(=O)N3CCCCC3)c2)cc1. The number of nitrogens with zero attached hydrogens (tertiary/aromatic N) is 2. The van der Waals surface area contributed by atoms with E-state index in [0.717, 1.165) is 43.7 Å². The van der Waals surface area contributed by atoms with Crippen molar-refractivity contribution in [1.29, 1.82) is 0 Å². The Morgan fingerprint density at radius 2 is 1.77 bits per heavy atom. The predicted molar refractivity (Wildman–Crippen MR) is 98.2 cm³/mol. The van der Waals surface area contributed by atoms with E-state index in [0.29, 0.717) is 17.7 Å². The van der Waals surface area contributed by atoms with E-state index in [1.165, 1.54) is 12.4 Å². The number of ether oxygens (including phenoxy) is 1. The summed E-state index contributed by atoms with van der Waals surface area (Å²) in [7, 11) is 1.61. The van der Waals surface area contributed by atoms with Crippen molar-refractivity contribution in [2.45, 2.75) is 25.8 Å². The molecule has 0 spiro atoms. The number of rotatable bonds is 5. The molecule has 1 aromatic heterocycles. The maximum absolute atomic E-state index is 12.6. The van der Waals surface area contributed by atoms with E-state index in [-0.39, 0.29) is 11.8 Å². The van der Waals surface area contributed by atoms with Crippen LogP contribution in [0, 0.1) is 0 Å². The van der Waals surface area contributed by atoms with Gasteiger partial charge in [-0.15, -0.1) is 0 Å². The normalized spacial score (nSPS) is 14.0. The smallest absolute Gasteiger partial charge is 0.255 e. The summed E-state index contributed by atoms with van der Waals surface area (Å²) in [6, 6.07) is 9.11. The Morgan fingerprint density at radius 3 is 2.46 bits per heavy atom. The molecule has 1 aliphatic rings. The molecule has 2 heterocycles. The largest absolute Gasteiger partial charge is 0.497 e. The molecule has 0 radical (unpaired) electrons. The molecule has 0 aliphatic carbocycles. The summed E-state index contributed by atoms with van der Waals surface area (Å²) in [5.41, 5.74) is 1.82. The Morgan fingerprint density at radius 1 is 1.08 bits per heavy atom. The maximum atomic E-state index is 12.6. The van der Waals surface area contributed by atoms with Gasteiger partial charge in [-0.2, -0.15) is 0 Å². The lowest BCUT2D eigenvalue weighted by Crippen LogP contribution is -2.35. The van der Waals surface area contributed by atoms with Crippen LogP contribution in [-0.2, 0) is 6.54 Å². The number of hydrogen-bond donors (Lipinski definition) is 1. The van der Waals surface area contributed by atoms with Crippen molar-refractivity contribution in [2.24, 2.45) is 0 Å². The van der Waals surface area contributed by atoms with Crippen LogP contribution in [0.15, 0.2) is 42.7 Å². The van der Waals surface area contributed by atoms with E-state index in [2.05, 4.69) is 10.3 Å². The maximum Gasteiger partial charge on any atom is 0.255 e. The van der Waals surface area contributed by atoms with Crippen LogP contribution >= 0.6 is 0 Å². The van der Waals surface area contributed by atoms with Crippen molar-refractivity contribution in [2.75, 3.05) is 20.2 Å². The Labute approximate surface area is 153 Å². The Bertz CT molecular complexity index is 768. The van der Waals surface area contributed by atoms with Crippen LogP contribution in [0.5, 0.6) is 5.75 Å². The van der Waals surface area contributed by atoms with Crippen LogP contribution in [0.2, 0.25) is 0 Å². The van der Waals surface area contributed by atoms with E-state index < -0.39 is 0 Å². The highest BCUT2D eigenvalue weighted by molar-refractivity contribution is 5.99. The summed E-state index contributed by atoms with van der Waals surface area (Å²) in [6.07, 6.45) is 6.23. The highest BCUT2D eigenvalue weighted by Crippen LogP contribution is 2.14.